The van der Waals surface area contributed by atoms with Crippen LogP contribution in [0.1, 0.15) is 37.2 Å². The summed E-state index contributed by atoms with van der Waals surface area (Å²) in [4.78, 5) is 18.2. The van der Waals surface area contributed by atoms with E-state index < -0.39 is 0 Å². The van der Waals surface area contributed by atoms with Gasteiger partial charge in [-0.3, -0.25) is 9.78 Å². The highest BCUT2D eigenvalue weighted by Gasteiger charge is 2.19. The predicted octanol–water partition coefficient (Wildman–Crippen LogP) is 1.73. The predicted molar refractivity (Wildman–Crippen MR) is 81.0 cm³/mol. The molecule has 5 nitrogen and oxygen atoms in total. The lowest BCUT2D eigenvalue weighted by Crippen LogP contribution is -2.31. The number of carbonyl (C=O) groups is 1. The highest BCUT2D eigenvalue weighted by molar-refractivity contribution is 5.93. The largest absolute Gasteiger partial charge is 0.384 e. The lowest BCUT2D eigenvalue weighted by Gasteiger charge is -2.18. The molecule has 0 spiro atoms. The van der Waals surface area contributed by atoms with Gasteiger partial charge in [-0.05, 0) is 38.8 Å². The zero-order chi connectivity index (χ0) is 14.4. The van der Waals surface area contributed by atoms with Gasteiger partial charge >= 0.3 is 0 Å². The fourth-order valence-corrected chi connectivity index (χ4v) is 2.10. The van der Waals surface area contributed by atoms with Crippen LogP contribution in [-0.2, 0) is 0 Å². The molecule has 1 aromatic heterocycles. The third-order valence-electron chi connectivity index (χ3n) is 3.49. The van der Waals surface area contributed by atoms with E-state index in [4.69, 9.17) is 0 Å². The quantitative estimate of drug-likeness (QED) is 0.710. The normalized spacial score (nSPS) is 14.1. The molecule has 2 N–H and O–H groups in total. The molecule has 1 aliphatic carbocycles. The molecule has 5 heteroatoms. The van der Waals surface area contributed by atoms with E-state index >= 15 is 0 Å². The van der Waals surface area contributed by atoms with Gasteiger partial charge in [-0.1, -0.05) is 0 Å². The average Bonchev–Trinajstić information content (AvgIpc) is 3.29. The maximum atomic E-state index is 12.2. The van der Waals surface area contributed by atoms with Crippen LogP contribution in [0.5, 0.6) is 0 Å². The van der Waals surface area contributed by atoms with Crippen LogP contribution in [0.25, 0.3) is 0 Å². The Kier molecular flexibility index (Phi) is 5.35. The van der Waals surface area contributed by atoms with Crippen molar-refractivity contribution < 1.29 is 4.79 Å². The van der Waals surface area contributed by atoms with Gasteiger partial charge in [0.2, 0.25) is 0 Å². The minimum absolute atomic E-state index is 0.00486. The van der Waals surface area contributed by atoms with E-state index in [1.54, 1.807) is 11.1 Å². The van der Waals surface area contributed by atoms with E-state index in [9.17, 15) is 4.79 Å². The van der Waals surface area contributed by atoms with Crippen molar-refractivity contribution in [3.63, 3.8) is 0 Å². The summed E-state index contributed by atoms with van der Waals surface area (Å²) in [5, 5.41) is 6.77. The maximum absolute atomic E-state index is 12.2. The summed E-state index contributed by atoms with van der Waals surface area (Å²) in [6.07, 6.45) is 4.29. The van der Waals surface area contributed by atoms with E-state index in [0.717, 1.165) is 24.8 Å². The van der Waals surface area contributed by atoms with Gasteiger partial charge in [-0.2, -0.15) is 0 Å². The van der Waals surface area contributed by atoms with Crippen molar-refractivity contribution in [2.75, 3.05) is 31.5 Å². The van der Waals surface area contributed by atoms with Gasteiger partial charge < -0.3 is 15.5 Å². The fourth-order valence-electron chi connectivity index (χ4n) is 2.10. The van der Waals surface area contributed by atoms with Crippen LogP contribution < -0.4 is 10.6 Å². The Balaban J connectivity index is 1.87. The number of anilines is 1. The van der Waals surface area contributed by atoms with Crippen LogP contribution in [0.3, 0.4) is 0 Å². The third kappa shape index (κ3) is 4.20. The monoisotopic (exact) mass is 276 g/mol. The molecule has 0 aliphatic heterocycles. The number of carbonyl (C=O) groups excluding carboxylic acids is 1. The number of hydrogen-bond acceptors (Lipinski definition) is 4. The van der Waals surface area contributed by atoms with E-state index in [1.807, 2.05) is 26.0 Å². The van der Waals surface area contributed by atoms with Crippen molar-refractivity contribution in [3.05, 3.63) is 24.0 Å². The van der Waals surface area contributed by atoms with Gasteiger partial charge in [0.05, 0.1) is 0 Å². The molecule has 1 aromatic rings. The number of amides is 1. The Labute approximate surface area is 120 Å². The molecular formula is C15H24N4O. The van der Waals surface area contributed by atoms with Gasteiger partial charge in [0.1, 0.15) is 5.69 Å². The Morgan fingerprint density at radius 2 is 2.10 bits per heavy atom. The van der Waals surface area contributed by atoms with Gasteiger partial charge in [0.25, 0.3) is 5.91 Å². The summed E-state index contributed by atoms with van der Waals surface area (Å²) in [7, 11) is 0. The smallest absolute Gasteiger partial charge is 0.272 e. The Morgan fingerprint density at radius 3 is 2.75 bits per heavy atom. The SMILES string of the molecule is CCN(CC)C(=O)c1cc(NCCNC2CC2)ccn1. The van der Waals surface area contributed by atoms with Crippen molar-refractivity contribution in [2.45, 2.75) is 32.7 Å². The minimum Gasteiger partial charge on any atom is -0.384 e. The van der Waals surface area contributed by atoms with E-state index in [1.165, 1.54) is 12.8 Å². The maximum Gasteiger partial charge on any atom is 0.272 e. The molecular weight excluding hydrogens is 252 g/mol. The molecule has 1 heterocycles. The van der Waals surface area contributed by atoms with E-state index in [0.29, 0.717) is 18.8 Å². The Bertz CT molecular complexity index is 441. The Hall–Kier alpha value is -1.62. The van der Waals surface area contributed by atoms with Crippen LogP contribution in [0.4, 0.5) is 5.69 Å². The zero-order valence-corrected chi connectivity index (χ0v) is 12.4. The first-order chi connectivity index (χ1) is 9.74. The van der Waals surface area contributed by atoms with Gasteiger partial charge in [-0.25, -0.2) is 0 Å². The van der Waals surface area contributed by atoms with Crippen LogP contribution in [0.2, 0.25) is 0 Å². The highest BCUT2D eigenvalue weighted by Crippen LogP contribution is 2.18. The summed E-state index contributed by atoms with van der Waals surface area (Å²) in [6.45, 7) is 7.19. The first-order valence-electron chi connectivity index (χ1n) is 7.47. The second kappa shape index (κ2) is 7.24. The van der Waals surface area contributed by atoms with Crippen LogP contribution in [-0.4, -0.2) is 48.0 Å². The van der Waals surface area contributed by atoms with E-state index in [2.05, 4.69) is 15.6 Å². The second-order valence-electron chi connectivity index (χ2n) is 5.06. The molecule has 0 unspecified atom stereocenters. The first kappa shape index (κ1) is 14.8. The van der Waals surface area contributed by atoms with Crippen molar-refractivity contribution in [2.24, 2.45) is 0 Å². The summed E-state index contributed by atoms with van der Waals surface area (Å²) >= 11 is 0. The molecule has 1 fully saturated rings. The number of hydrogen-bond donors (Lipinski definition) is 2. The number of aromatic nitrogens is 1. The fraction of sp³-hybridized carbons (Fsp3) is 0.600. The molecule has 1 amide bonds. The topological polar surface area (TPSA) is 57.3 Å². The average molecular weight is 276 g/mol. The molecule has 0 radical (unpaired) electrons. The lowest BCUT2D eigenvalue weighted by molar-refractivity contribution is 0.0767. The lowest BCUT2D eigenvalue weighted by atomic mass is 10.2. The van der Waals surface area contributed by atoms with Crippen molar-refractivity contribution >= 4 is 11.6 Å². The summed E-state index contributed by atoms with van der Waals surface area (Å²) in [5.41, 5.74) is 1.46. The minimum atomic E-state index is -0.00486. The van der Waals surface area contributed by atoms with E-state index in [-0.39, 0.29) is 5.91 Å². The van der Waals surface area contributed by atoms with Crippen molar-refractivity contribution in [3.8, 4) is 0 Å². The van der Waals surface area contributed by atoms with Crippen LogP contribution >= 0.6 is 0 Å². The van der Waals surface area contributed by atoms with Crippen molar-refractivity contribution in [1.82, 2.24) is 15.2 Å². The third-order valence-corrected chi connectivity index (χ3v) is 3.49. The Morgan fingerprint density at radius 1 is 1.35 bits per heavy atom. The molecule has 0 atom stereocenters. The summed E-state index contributed by atoms with van der Waals surface area (Å²) in [6, 6.07) is 4.46. The molecule has 2 rings (SSSR count). The number of nitrogens with one attached hydrogen (secondary N) is 2. The van der Waals surface area contributed by atoms with Gasteiger partial charge in [0, 0.05) is 44.1 Å². The molecule has 0 bridgehead atoms. The summed E-state index contributed by atoms with van der Waals surface area (Å²) < 4.78 is 0. The van der Waals surface area contributed by atoms with Crippen LogP contribution in [0.15, 0.2) is 18.3 Å². The van der Waals surface area contributed by atoms with Crippen LogP contribution in [0, 0.1) is 0 Å². The molecule has 1 saturated carbocycles. The van der Waals surface area contributed by atoms with Gasteiger partial charge in [0.15, 0.2) is 0 Å². The molecule has 0 aromatic carbocycles. The van der Waals surface area contributed by atoms with Crippen molar-refractivity contribution in [1.29, 1.82) is 0 Å². The molecule has 110 valence electrons. The second-order valence-corrected chi connectivity index (χ2v) is 5.06. The summed E-state index contributed by atoms with van der Waals surface area (Å²) in [5.74, 6) is -0.00486. The number of nitrogens with zero attached hydrogens (tertiary/aromatic N) is 2. The number of pyridine rings is 1. The number of rotatable bonds is 8. The molecule has 1 aliphatic rings. The van der Waals surface area contributed by atoms with Gasteiger partial charge in [-0.15, -0.1) is 0 Å². The zero-order valence-electron chi connectivity index (χ0n) is 12.4. The first-order valence-corrected chi connectivity index (χ1v) is 7.47. The standard InChI is InChI=1S/C15H24N4O/c1-3-19(4-2)15(20)14-11-13(7-8-18-14)17-10-9-16-12-5-6-12/h7-8,11-12,16H,3-6,9-10H2,1-2H3,(H,17,18). The molecule has 0 saturated heterocycles. The highest BCUT2D eigenvalue weighted by atomic mass is 16.2. The molecule has 20 heavy (non-hydrogen) atoms.